The third-order valence-electron chi connectivity index (χ3n) is 2.06. The maximum absolute atomic E-state index is 11.7. The summed E-state index contributed by atoms with van der Waals surface area (Å²) in [5.74, 6) is 0. The van der Waals surface area contributed by atoms with E-state index < -0.39 is 10.2 Å². The van der Waals surface area contributed by atoms with Crippen LogP contribution in [0.15, 0.2) is 30.2 Å². The highest BCUT2D eigenvalue weighted by Gasteiger charge is 2.20. The van der Waals surface area contributed by atoms with Crippen molar-refractivity contribution in [1.29, 1.82) is 0 Å². The van der Waals surface area contributed by atoms with Gasteiger partial charge in [-0.3, -0.25) is 0 Å². The first kappa shape index (κ1) is 13.4. The lowest BCUT2D eigenvalue weighted by molar-refractivity contribution is 0.490. The summed E-state index contributed by atoms with van der Waals surface area (Å²) in [6.07, 6.45) is 2.29. The lowest BCUT2D eigenvalue weighted by atomic mass is 10.2. The predicted molar refractivity (Wildman–Crippen MR) is 67.6 cm³/mol. The summed E-state index contributed by atoms with van der Waals surface area (Å²) in [5, 5.41) is 1.93. The SMILES string of the molecule is C=CCC(NS(=O)(=O)N(C)C)c1cccs1. The summed E-state index contributed by atoms with van der Waals surface area (Å²) in [5.41, 5.74) is 0. The molecule has 0 aliphatic carbocycles. The first-order valence-corrected chi connectivity index (χ1v) is 7.13. The summed E-state index contributed by atoms with van der Waals surface area (Å²) in [4.78, 5) is 0.991. The zero-order valence-corrected chi connectivity index (χ0v) is 11.0. The van der Waals surface area contributed by atoms with Crippen molar-refractivity contribution < 1.29 is 8.42 Å². The zero-order chi connectivity index (χ0) is 12.2. The first-order chi connectivity index (χ1) is 7.47. The molecule has 1 unspecified atom stereocenters. The molecule has 0 spiro atoms. The van der Waals surface area contributed by atoms with Crippen LogP contribution in [0, 0.1) is 0 Å². The molecule has 0 saturated heterocycles. The summed E-state index contributed by atoms with van der Waals surface area (Å²) in [6.45, 7) is 3.64. The average molecular weight is 260 g/mol. The van der Waals surface area contributed by atoms with Crippen molar-refractivity contribution in [3.05, 3.63) is 35.0 Å². The van der Waals surface area contributed by atoms with Gasteiger partial charge in [0.05, 0.1) is 6.04 Å². The lowest BCUT2D eigenvalue weighted by Gasteiger charge is -2.19. The minimum absolute atomic E-state index is 0.232. The highest BCUT2D eigenvalue weighted by Crippen LogP contribution is 2.23. The van der Waals surface area contributed by atoms with E-state index in [9.17, 15) is 8.42 Å². The van der Waals surface area contributed by atoms with Crippen LogP contribution in [-0.2, 0) is 10.2 Å². The second-order valence-electron chi connectivity index (χ2n) is 3.50. The summed E-state index contributed by atoms with van der Waals surface area (Å²) >= 11 is 1.53. The molecule has 0 aliphatic rings. The third-order valence-corrected chi connectivity index (χ3v) is 4.59. The van der Waals surface area contributed by atoms with Crippen molar-refractivity contribution in [2.24, 2.45) is 0 Å². The van der Waals surface area contributed by atoms with Crippen molar-refractivity contribution >= 4 is 21.5 Å². The van der Waals surface area contributed by atoms with Gasteiger partial charge in [0.1, 0.15) is 0 Å². The minimum Gasteiger partial charge on any atom is -0.195 e. The van der Waals surface area contributed by atoms with Gasteiger partial charge in [-0.05, 0) is 17.9 Å². The number of rotatable bonds is 6. The van der Waals surface area contributed by atoms with Crippen molar-refractivity contribution in [2.45, 2.75) is 12.5 Å². The van der Waals surface area contributed by atoms with Crippen LogP contribution in [0.4, 0.5) is 0 Å². The Hall–Kier alpha value is -0.690. The van der Waals surface area contributed by atoms with E-state index in [4.69, 9.17) is 0 Å². The van der Waals surface area contributed by atoms with Crippen LogP contribution < -0.4 is 4.72 Å². The Morgan fingerprint density at radius 3 is 2.75 bits per heavy atom. The molecule has 6 heteroatoms. The minimum atomic E-state index is -3.40. The van der Waals surface area contributed by atoms with Gasteiger partial charge in [-0.1, -0.05) is 12.1 Å². The van der Waals surface area contributed by atoms with Crippen LogP contribution in [0.2, 0.25) is 0 Å². The fraction of sp³-hybridized carbons (Fsp3) is 0.400. The number of nitrogens with zero attached hydrogens (tertiary/aromatic N) is 1. The van der Waals surface area contributed by atoms with Crippen molar-refractivity contribution in [2.75, 3.05) is 14.1 Å². The second-order valence-corrected chi connectivity index (χ2v) is 6.39. The van der Waals surface area contributed by atoms with Crippen LogP contribution in [0.3, 0.4) is 0 Å². The number of hydrogen-bond acceptors (Lipinski definition) is 3. The van der Waals surface area contributed by atoms with Gasteiger partial charge in [-0.25, -0.2) is 0 Å². The molecule has 0 aromatic carbocycles. The molecular weight excluding hydrogens is 244 g/mol. The molecule has 4 nitrogen and oxygen atoms in total. The maximum atomic E-state index is 11.7. The normalized spacial score (nSPS) is 13.9. The third kappa shape index (κ3) is 3.41. The Morgan fingerprint density at radius 2 is 2.31 bits per heavy atom. The van der Waals surface area contributed by atoms with Crippen LogP contribution in [0.5, 0.6) is 0 Å². The van der Waals surface area contributed by atoms with E-state index >= 15 is 0 Å². The van der Waals surface area contributed by atoms with Gasteiger partial charge in [0.25, 0.3) is 10.2 Å². The molecule has 0 saturated carbocycles. The Kier molecular flexibility index (Phi) is 4.67. The van der Waals surface area contributed by atoms with E-state index in [1.807, 2.05) is 17.5 Å². The van der Waals surface area contributed by atoms with Crippen LogP contribution in [0.25, 0.3) is 0 Å². The van der Waals surface area contributed by atoms with E-state index in [-0.39, 0.29) is 6.04 Å². The molecule has 1 atom stereocenters. The van der Waals surface area contributed by atoms with Crippen molar-refractivity contribution in [3.63, 3.8) is 0 Å². The Bertz CT molecular complexity index is 424. The van der Waals surface area contributed by atoms with Crippen LogP contribution >= 0.6 is 11.3 Å². The molecule has 0 bridgehead atoms. The largest absolute Gasteiger partial charge is 0.279 e. The number of nitrogens with one attached hydrogen (secondary N) is 1. The van der Waals surface area contributed by atoms with E-state index in [1.54, 1.807) is 6.08 Å². The van der Waals surface area contributed by atoms with Crippen molar-refractivity contribution in [3.8, 4) is 0 Å². The van der Waals surface area contributed by atoms with Gasteiger partial charge < -0.3 is 0 Å². The summed E-state index contributed by atoms with van der Waals surface area (Å²) < 4.78 is 27.2. The van der Waals surface area contributed by atoms with Gasteiger partial charge >= 0.3 is 0 Å². The molecule has 0 radical (unpaired) electrons. The predicted octanol–water partition coefficient (Wildman–Crippen LogP) is 1.76. The van der Waals surface area contributed by atoms with E-state index in [0.717, 1.165) is 9.18 Å². The summed E-state index contributed by atoms with van der Waals surface area (Å²) in [6, 6.07) is 3.58. The Balaban J connectivity index is 2.85. The average Bonchev–Trinajstić information content (AvgIpc) is 2.69. The summed E-state index contributed by atoms with van der Waals surface area (Å²) in [7, 11) is -0.400. The number of hydrogen-bond donors (Lipinski definition) is 1. The van der Waals surface area contributed by atoms with Crippen molar-refractivity contribution in [1.82, 2.24) is 9.03 Å². The highest BCUT2D eigenvalue weighted by molar-refractivity contribution is 7.87. The molecular formula is C10H16N2O2S2. The lowest BCUT2D eigenvalue weighted by Crippen LogP contribution is -2.37. The maximum Gasteiger partial charge on any atom is 0.279 e. The van der Waals surface area contributed by atoms with Crippen LogP contribution in [-0.4, -0.2) is 26.8 Å². The monoisotopic (exact) mass is 260 g/mol. The molecule has 1 rings (SSSR count). The number of thiophene rings is 1. The topological polar surface area (TPSA) is 49.4 Å². The van der Waals surface area contributed by atoms with Gasteiger partial charge in [0, 0.05) is 19.0 Å². The molecule has 90 valence electrons. The molecule has 16 heavy (non-hydrogen) atoms. The highest BCUT2D eigenvalue weighted by atomic mass is 32.2. The zero-order valence-electron chi connectivity index (χ0n) is 9.38. The fourth-order valence-corrected chi connectivity index (χ4v) is 2.82. The molecule has 1 N–H and O–H groups in total. The van der Waals surface area contributed by atoms with Gasteiger partial charge in [-0.15, -0.1) is 17.9 Å². The van der Waals surface area contributed by atoms with E-state index in [1.165, 1.54) is 25.4 Å². The van der Waals surface area contributed by atoms with Gasteiger partial charge in [0.15, 0.2) is 0 Å². The molecule has 1 aromatic rings. The molecule has 0 fully saturated rings. The fourth-order valence-electron chi connectivity index (χ4n) is 1.16. The van der Waals surface area contributed by atoms with Gasteiger partial charge in [-0.2, -0.15) is 17.4 Å². The Labute approximate surface area is 101 Å². The first-order valence-electron chi connectivity index (χ1n) is 4.81. The van der Waals surface area contributed by atoms with E-state index in [2.05, 4.69) is 11.3 Å². The molecule has 1 aromatic heterocycles. The van der Waals surface area contributed by atoms with Gasteiger partial charge in [0.2, 0.25) is 0 Å². The standard InChI is InChI=1S/C10H16N2O2S2/c1-4-6-9(10-7-5-8-15-10)11-16(13,14)12(2)3/h4-5,7-9,11H,1,6H2,2-3H3. The smallest absolute Gasteiger partial charge is 0.195 e. The van der Waals surface area contributed by atoms with E-state index in [0.29, 0.717) is 6.42 Å². The molecule has 0 aliphatic heterocycles. The molecule has 1 heterocycles. The van der Waals surface area contributed by atoms with Crippen LogP contribution in [0.1, 0.15) is 17.3 Å². The molecule has 0 amide bonds. The quantitative estimate of drug-likeness (QED) is 0.792. The Morgan fingerprint density at radius 1 is 1.62 bits per heavy atom. The second kappa shape index (κ2) is 5.58.